The van der Waals surface area contributed by atoms with Gasteiger partial charge in [-0.1, -0.05) is 66.7 Å². The van der Waals surface area contributed by atoms with E-state index in [1.165, 1.54) is 51.4 Å². The molecular weight excluding hydrogens is 248 g/mol. The Morgan fingerprint density at radius 3 is 1.16 bits per heavy atom. The van der Waals surface area contributed by atoms with Crippen LogP contribution in [0.2, 0.25) is 0 Å². The Morgan fingerprint density at radius 2 is 0.842 bits per heavy atom. The van der Waals surface area contributed by atoms with Crippen LogP contribution in [0.4, 0.5) is 0 Å². The summed E-state index contributed by atoms with van der Waals surface area (Å²) in [5.41, 5.74) is 0. The predicted octanol–water partition coefficient (Wildman–Crippen LogP) is 6.60. The minimum atomic E-state index is 0.832. The van der Waals surface area contributed by atoms with Crippen molar-refractivity contribution in [3.05, 3.63) is 0 Å². The van der Waals surface area contributed by atoms with Gasteiger partial charge in [-0.25, -0.2) is 0 Å². The largest absolute Gasteiger partial charge is 0.179 e. The molecule has 0 heterocycles. The summed E-state index contributed by atoms with van der Waals surface area (Å²) in [4.78, 5) is 0. The van der Waals surface area contributed by atoms with Gasteiger partial charge in [0.15, 0.2) is 0 Å². The second kappa shape index (κ2) is 12.1. The van der Waals surface area contributed by atoms with Crippen LogP contribution in [0.15, 0.2) is 0 Å². The molecule has 0 aliphatic carbocycles. The molecule has 3 unspecified atom stereocenters. The van der Waals surface area contributed by atoms with Crippen LogP contribution in [0.5, 0.6) is 0 Å². The molecule has 0 rings (SSSR count). The van der Waals surface area contributed by atoms with Crippen LogP contribution in [0, 0.1) is 23.7 Å². The predicted molar refractivity (Wildman–Crippen MR) is 93.1 cm³/mol. The monoisotopic (exact) mass is 286 g/mol. The van der Waals surface area contributed by atoms with E-state index in [9.17, 15) is 0 Å². The van der Waals surface area contributed by atoms with Gasteiger partial charge in [-0.2, -0.15) is 12.6 Å². The fourth-order valence-electron chi connectivity index (χ4n) is 3.27. The lowest BCUT2D eigenvalue weighted by Gasteiger charge is -2.27. The lowest BCUT2D eigenvalue weighted by molar-refractivity contribution is 0.256. The van der Waals surface area contributed by atoms with E-state index in [0.717, 1.165) is 29.4 Å². The zero-order valence-corrected chi connectivity index (χ0v) is 15.0. The summed E-state index contributed by atoms with van der Waals surface area (Å²) in [6, 6.07) is 0. The molecule has 0 amide bonds. The molecule has 1 heteroatoms. The molecule has 0 spiro atoms. The van der Waals surface area contributed by atoms with Gasteiger partial charge in [0.1, 0.15) is 0 Å². The molecule has 0 N–H and O–H groups in total. The van der Waals surface area contributed by atoms with E-state index in [1.807, 2.05) is 0 Å². The summed E-state index contributed by atoms with van der Waals surface area (Å²) >= 11 is 4.51. The first-order chi connectivity index (χ1) is 9.14. The van der Waals surface area contributed by atoms with Crippen LogP contribution < -0.4 is 0 Å². The van der Waals surface area contributed by atoms with Crippen LogP contribution >= 0.6 is 12.6 Å². The fourth-order valence-corrected chi connectivity index (χ4v) is 3.67. The Kier molecular flexibility index (Phi) is 12.3. The van der Waals surface area contributed by atoms with Gasteiger partial charge in [0.2, 0.25) is 0 Å². The minimum absolute atomic E-state index is 0.832. The van der Waals surface area contributed by atoms with Crippen molar-refractivity contribution >= 4 is 12.6 Å². The Hall–Kier alpha value is 0.350. The van der Waals surface area contributed by atoms with Crippen LogP contribution in [0.1, 0.15) is 86.0 Å². The highest BCUT2D eigenvalue weighted by molar-refractivity contribution is 7.80. The molecule has 19 heavy (non-hydrogen) atoms. The van der Waals surface area contributed by atoms with Gasteiger partial charge in [-0.3, -0.25) is 0 Å². The molecule has 0 fully saturated rings. The molecule has 0 aromatic rings. The summed E-state index contributed by atoms with van der Waals surface area (Å²) in [7, 11) is 0. The van der Waals surface area contributed by atoms with Crippen LogP contribution in [-0.2, 0) is 0 Å². The molecule has 0 saturated heterocycles. The molecule has 0 aromatic heterocycles. The van der Waals surface area contributed by atoms with E-state index in [1.54, 1.807) is 0 Å². The second-order valence-corrected chi connectivity index (χ2v) is 6.76. The zero-order chi connectivity index (χ0) is 14.7. The number of hydrogen-bond donors (Lipinski definition) is 1. The maximum Gasteiger partial charge on any atom is -0.00695 e. The molecule has 0 aromatic carbocycles. The van der Waals surface area contributed by atoms with Crippen LogP contribution in [0.3, 0.4) is 0 Å². The van der Waals surface area contributed by atoms with Gasteiger partial charge in [0.05, 0.1) is 0 Å². The van der Waals surface area contributed by atoms with E-state index in [0.29, 0.717) is 0 Å². The molecule has 0 nitrogen and oxygen atoms in total. The summed E-state index contributed by atoms with van der Waals surface area (Å²) in [6.07, 6.45) is 11.0. The summed E-state index contributed by atoms with van der Waals surface area (Å²) in [5, 5.41) is 0. The number of hydrogen-bond acceptors (Lipinski definition) is 1. The SMILES string of the molecule is CCC(CC)CC(CC)CC(CC)CC(CC)CS. The van der Waals surface area contributed by atoms with E-state index >= 15 is 0 Å². The maximum atomic E-state index is 4.51. The van der Waals surface area contributed by atoms with Gasteiger partial charge in [0, 0.05) is 0 Å². The molecule has 0 radical (unpaired) electrons. The van der Waals surface area contributed by atoms with Gasteiger partial charge >= 0.3 is 0 Å². The van der Waals surface area contributed by atoms with Crippen molar-refractivity contribution in [1.82, 2.24) is 0 Å². The summed E-state index contributed by atoms with van der Waals surface area (Å²) in [6.45, 7) is 11.8. The Balaban J connectivity index is 4.30. The lowest BCUT2D eigenvalue weighted by atomic mass is 9.79. The molecule has 0 bridgehead atoms. The van der Waals surface area contributed by atoms with Gasteiger partial charge in [-0.15, -0.1) is 0 Å². The fraction of sp³-hybridized carbons (Fsp3) is 1.00. The smallest absolute Gasteiger partial charge is 0.00695 e. The molecule has 3 atom stereocenters. The number of thiol groups is 1. The summed E-state index contributed by atoms with van der Waals surface area (Å²) in [5.74, 6) is 4.73. The van der Waals surface area contributed by atoms with Crippen molar-refractivity contribution in [2.45, 2.75) is 86.0 Å². The highest BCUT2D eigenvalue weighted by Crippen LogP contribution is 2.31. The minimum Gasteiger partial charge on any atom is -0.179 e. The third kappa shape index (κ3) is 8.27. The quantitative estimate of drug-likeness (QED) is 0.384. The van der Waals surface area contributed by atoms with Gasteiger partial charge < -0.3 is 0 Å². The van der Waals surface area contributed by atoms with Crippen molar-refractivity contribution in [3.8, 4) is 0 Å². The van der Waals surface area contributed by atoms with E-state index in [4.69, 9.17) is 0 Å². The third-order valence-electron chi connectivity index (χ3n) is 5.14. The highest BCUT2D eigenvalue weighted by atomic mass is 32.1. The van der Waals surface area contributed by atoms with E-state index < -0.39 is 0 Å². The lowest BCUT2D eigenvalue weighted by Crippen LogP contribution is -2.15. The molecule has 116 valence electrons. The normalized spacial score (nSPS) is 16.6. The van der Waals surface area contributed by atoms with E-state index in [2.05, 4.69) is 47.2 Å². The second-order valence-electron chi connectivity index (χ2n) is 6.40. The van der Waals surface area contributed by atoms with Gasteiger partial charge in [0.25, 0.3) is 0 Å². The Morgan fingerprint density at radius 1 is 0.526 bits per heavy atom. The first kappa shape index (κ1) is 19.4. The van der Waals surface area contributed by atoms with Crippen molar-refractivity contribution in [2.75, 3.05) is 5.75 Å². The average molecular weight is 287 g/mol. The van der Waals surface area contributed by atoms with Crippen molar-refractivity contribution in [1.29, 1.82) is 0 Å². The third-order valence-corrected chi connectivity index (χ3v) is 5.66. The van der Waals surface area contributed by atoms with Crippen LogP contribution in [-0.4, -0.2) is 5.75 Å². The first-order valence-corrected chi connectivity index (χ1v) is 9.38. The maximum absolute atomic E-state index is 4.51. The zero-order valence-electron chi connectivity index (χ0n) is 14.1. The summed E-state index contributed by atoms with van der Waals surface area (Å²) < 4.78 is 0. The van der Waals surface area contributed by atoms with E-state index in [-0.39, 0.29) is 0 Å². The standard InChI is InChI=1S/C18H38S/c1-6-15(7-2)11-16(8-3)12-17(9-4)13-18(10-5)14-19/h15-19H,6-14H2,1-5H3. The molecular formula is C18H38S. The van der Waals surface area contributed by atoms with Crippen LogP contribution in [0.25, 0.3) is 0 Å². The molecule has 0 aliphatic rings. The topological polar surface area (TPSA) is 0 Å². The van der Waals surface area contributed by atoms with Gasteiger partial charge in [-0.05, 0) is 48.7 Å². The average Bonchev–Trinajstić information content (AvgIpc) is 2.46. The number of rotatable bonds is 12. The first-order valence-electron chi connectivity index (χ1n) is 8.75. The van der Waals surface area contributed by atoms with Crippen molar-refractivity contribution < 1.29 is 0 Å². The Labute approximate surface area is 128 Å². The Bertz CT molecular complexity index is 162. The van der Waals surface area contributed by atoms with Crippen molar-refractivity contribution in [2.24, 2.45) is 23.7 Å². The van der Waals surface area contributed by atoms with Crippen molar-refractivity contribution in [3.63, 3.8) is 0 Å². The highest BCUT2D eigenvalue weighted by Gasteiger charge is 2.19. The molecule has 0 aliphatic heterocycles. The molecule has 0 saturated carbocycles.